The molecule has 2 heteroatoms. The molecule has 1 aromatic heterocycles. The van der Waals surface area contributed by atoms with Crippen molar-refractivity contribution in [2.75, 3.05) is 5.73 Å². The second-order valence-corrected chi connectivity index (χ2v) is 5.48. The first-order chi connectivity index (χ1) is 8.83. The van der Waals surface area contributed by atoms with Gasteiger partial charge in [0.2, 0.25) is 0 Å². The molecule has 1 aromatic carbocycles. The average molecular weight is 236 g/mol. The van der Waals surface area contributed by atoms with Crippen LogP contribution in [0, 0.1) is 5.92 Å². The minimum atomic E-state index is 0.490. The number of pyridine rings is 1. The summed E-state index contributed by atoms with van der Waals surface area (Å²) in [5, 5.41) is 1.11. The van der Waals surface area contributed by atoms with Crippen LogP contribution in [0.25, 0.3) is 10.9 Å². The van der Waals surface area contributed by atoms with Crippen molar-refractivity contribution < 1.29 is 0 Å². The van der Waals surface area contributed by atoms with E-state index in [2.05, 4.69) is 24.3 Å². The van der Waals surface area contributed by atoms with Gasteiger partial charge in [0, 0.05) is 28.2 Å². The Morgan fingerprint density at radius 3 is 3.06 bits per heavy atom. The molecular formula is C16H16N2. The van der Waals surface area contributed by atoms with Crippen LogP contribution in [-0.4, -0.2) is 4.98 Å². The summed E-state index contributed by atoms with van der Waals surface area (Å²) < 4.78 is 0. The molecule has 2 nitrogen and oxygen atoms in total. The Labute approximate surface area is 107 Å². The molecule has 18 heavy (non-hydrogen) atoms. The highest BCUT2D eigenvalue weighted by molar-refractivity contribution is 5.92. The molecule has 0 saturated heterocycles. The Bertz CT molecular complexity index is 657. The SMILES string of the molecule is Nc1c2c(nc3ccccc13)CC1CC=CC2C1. The highest BCUT2D eigenvalue weighted by Crippen LogP contribution is 2.44. The number of rotatable bonds is 0. The van der Waals surface area contributed by atoms with Crippen LogP contribution in [0.2, 0.25) is 0 Å². The quantitative estimate of drug-likeness (QED) is 0.712. The van der Waals surface area contributed by atoms with Gasteiger partial charge in [-0.3, -0.25) is 4.98 Å². The second kappa shape index (κ2) is 3.58. The van der Waals surface area contributed by atoms with Crippen LogP contribution < -0.4 is 5.73 Å². The summed E-state index contributed by atoms with van der Waals surface area (Å²) in [6.45, 7) is 0. The lowest BCUT2D eigenvalue weighted by atomic mass is 9.73. The van der Waals surface area contributed by atoms with Crippen LogP contribution in [0.15, 0.2) is 36.4 Å². The number of fused-ring (bicyclic) bond motifs is 5. The lowest BCUT2D eigenvalue weighted by Crippen LogP contribution is -2.22. The van der Waals surface area contributed by atoms with Gasteiger partial charge < -0.3 is 5.73 Å². The van der Waals surface area contributed by atoms with Crippen molar-refractivity contribution in [3.05, 3.63) is 47.7 Å². The van der Waals surface area contributed by atoms with E-state index in [1.807, 2.05) is 12.1 Å². The molecule has 90 valence electrons. The van der Waals surface area contributed by atoms with E-state index in [1.54, 1.807) is 0 Å². The van der Waals surface area contributed by atoms with Crippen molar-refractivity contribution in [2.45, 2.75) is 25.2 Å². The zero-order chi connectivity index (χ0) is 12.1. The van der Waals surface area contributed by atoms with Crippen LogP contribution >= 0.6 is 0 Å². The van der Waals surface area contributed by atoms with Gasteiger partial charge in [-0.05, 0) is 31.2 Å². The van der Waals surface area contributed by atoms with Crippen molar-refractivity contribution in [3.8, 4) is 0 Å². The standard InChI is InChI=1S/C16H16N2/c17-16-12-6-1-2-7-13(12)18-14-9-10-4-3-5-11(8-10)15(14)16/h1-3,5-7,10-11H,4,8-9H2,(H2,17,18). The third-order valence-electron chi connectivity index (χ3n) is 4.33. The number of allylic oxidation sites excluding steroid dienone is 2. The lowest BCUT2D eigenvalue weighted by Gasteiger charge is -2.33. The molecule has 2 aliphatic carbocycles. The Hall–Kier alpha value is -1.83. The van der Waals surface area contributed by atoms with Gasteiger partial charge in [-0.15, -0.1) is 0 Å². The van der Waals surface area contributed by atoms with Gasteiger partial charge in [0.05, 0.1) is 5.52 Å². The highest BCUT2D eigenvalue weighted by Gasteiger charge is 2.30. The molecule has 1 heterocycles. The largest absolute Gasteiger partial charge is 0.398 e. The molecule has 4 rings (SSSR count). The van der Waals surface area contributed by atoms with Crippen LogP contribution in [0.5, 0.6) is 0 Å². The molecule has 0 radical (unpaired) electrons. The monoisotopic (exact) mass is 236 g/mol. The van der Waals surface area contributed by atoms with Crippen molar-refractivity contribution in [2.24, 2.45) is 5.92 Å². The van der Waals surface area contributed by atoms with Gasteiger partial charge in [-0.25, -0.2) is 0 Å². The van der Waals surface area contributed by atoms with Gasteiger partial charge in [0.1, 0.15) is 0 Å². The topological polar surface area (TPSA) is 38.9 Å². The molecule has 0 aliphatic heterocycles. The van der Waals surface area contributed by atoms with Crippen molar-refractivity contribution >= 4 is 16.6 Å². The van der Waals surface area contributed by atoms with E-state index in [0.717, 1.165) is 28.9 Å². The average Bonchev–Trinajstić information content (AvgIpc) is 2.39. The molecule has 0 fully saturated rings. The van der Waals surface area contributed by atoms with E-state index in [0.29, 0.717) is 5.92 Å². The maximum Gasteiger partial charge on any atom is 0.0726 e. The number of hydrogen-bond donors (Lipinski definition) is 1. The minimum absolute atomic E-state index is 0.490. The number of nitrogens with two attached hydrogens (primary N) is 1. The normalized spacial score (nSPS) is 25.1. The van der Waals surface area contributed by atoms with Crippen LogP contribution in [0.4, 0.5) is 5.69 Å². The maximum atomic E-state index is 6.40. The number of anilines is 1. The minimum Gasteiger partial charge on any atom is -0.398 e. The molecular weight excluding hydrogens is 220 g/mol. The zero-order valence-electron chi connectivity index (χ0n) is 10.3. The lowest BCUT2D eigenvalue weighted by molar-refractivity contribution is 0.415. The summed E-state index contributed by atoms with van der Waals surface area (Å²) >= 11 is 0. The summed E-state index contributed by atoms with van der Waals surface area (Å²) in [4.78, 5) is 4.85. The number of para-hydroxylation sites is 1. The number of nitrogen functional groups attached to an aromatic ring is 1. The van der Waals surface area contributed by atoms with Gasteiger partial charge >= 0.3 is 0 Å². The van der Waals surface area contributed by atoms with E-state index >= 15 is 0 Å². The molecule has 2 N–H and O–H groups in total. The van der Waals surface area contributed by atoms with E-state index in [9.17, 15) is 0 Å². The Morgan fingerprint density at radius 2 is 2.11 bits per heavy atom. The van der Waals surface area contributed by atoms with Crippen LogP contribution in [0.3, 0.4) is 0 Å². The number of hydrogen-bond acceptors (Lipinski definition) is 2. The Morgan fingerprint density at radius 1 is 1.22 bits per heavy atom. The van der Waals surface area contributed by atoms with Gasteiger partial charge in [-0.2, -0.15) is 0 Å². The molecule has 2 atom stereocenters. The predicted octanol–water partition coefficient (Wildman–Crippen LogP) is 3.42. The fraction of sp³-hybridized carbons (Fsp3) is 0.312. The van der Waals surface area contributed by atoms with E-state index in [-0.39, 0.29) is 0 Å². The first kappa shape index (κ1) is 10.1. The van der Waals surface area contributed by atoms with Gasteiger partial charge in [-0.1, -0.05) is 30.4 Å². The zero-order valence-corrected chi connectivity index (χ0v) is 10.3. The summed E-state index contributed by atoms with van der Waals surface area (Å²) in [6.07, 6.45) is 8.17. The van der Waals surface area contributed by atoms with Crippen molar-refractivity contribution in [3.63, 3.8) is 0 Å². The molecule has 2 aromatic rings. The fourth-order valence-electron chi connectivity index (χ4n) is 3.50. The molecule has 0 amide bonds. The van der Waals surface area contributed by atoms with Crippen LogP contribution in [0.1, 0.15) is 30.0 Å². The third-order valence-corrected chi connectivity index (χ3v) is 4.33. The van der Waals surface area contributed by atoms with Gasteiger partial charge in [0.15, 0.2) is 0 Å². The third kappa shape index (κ3) is 1.32. The van der Waals surface area contributed by atoms with Crippen molar-refractivity contribution in [1.29, 1.82) is 0 Å². The maximum absolute atomic E-state index is 6.40. The summed E-state index contributed by atoms with van der Waals surface area (Å²) in [5.74, 6) is 1.25. The second-order valence-electron chi connectivity index (χ2n) is 5.48. The Balaban J connectivity index is 2.04. The van der Waals surface area contributed by atoms with E-state index in [4.69, 9.17) is 10.7 Å². The Kier molecular flexibility index (Phi) is 2.01. The van der Waals surface area contributed by atoms with E-state index < -0.39 is 0 Å². The smallest absolute Gasteiger partial charge is 0.0726 e. The molecule has 2 bridgehead atoms. The predicted molar refractivity (Wildman–Crippen MR) is 74.5 cm³/mol. The first-order valence-electron chi connectivity index (χ1n) is 6.66. The number of aromatic nitrogens is 1. The van der Waals surface area contributed by atoms with Crippen LogP contribution in [-0.2, 0) is 6.42 Å². The van der Waals surface area contributed by atoms with E-state index in [1.165, 1.54) is 24.1 Å². The van der Waals surface area contributed by atoms with Crippen molar-refractivity contribution in [1.82, 2.24) is 4.98 Å². The molecule has 0 spiro atoms. The van der Waals surface area contributed by atoms with Gasteiger partial charge in [0.25, 0.3) is 0 Å². The fourth-order valence-corrected chi connectivity index (χ4v) is 3.50. The highest BCUT2D eigenvalue weighted by atomic mass is 14.7. The summed E-state index contributed by atoms with van der Waals surface area (Å²) in [7, 11) is 0. The summed E-state index contributed by atoms with van der Waals surface area (Å²) in [6, 6.07) is 8.21. The molecule has 2 unspecified atom stereocenters. The number of nitrogens with zero attached hydrogens (tertiary/aromatic N) is 1. The first-order valence-corrected chi connectivity index (χ1v) is 6.66. The number of benzene rings is 1. The molecule has 0 saturated carbocycles. The summed E-state index contributed by atoms with van der Waals surface area (Å²) in [5.41, 5.74) is 10.9. The molecule has 2 aliphatic rings.